The first kappa shape index (κ1) is 13.0. The second-order valence-corrected chi connectivity index (χ2v) is 4.96. The summed E-state index contributed by atoms with van der Waals surface area (Å²) >= 11 is 0. The lowest BCUT2D eigenvalue weighted by Gasteiger charge is -2.31. The van der Waals surface area contributed by atoms with Crippen LogP contribution in [0.1, 0.15) is 31.7 Å². The van der Waals surface area contributed by atoms with Crippen molar-refractivity contribution in [3.8, 4) is 0 Å². The number of hydrogen-bond acceptors (Lipinski definition) is 2. The van der Waals surface area contributed by atoms with Gasteiger partial charge in [0.05, 0.1) is 0 Å². The summed E-state index contributed by atoms with van der Waals surface area (Å²) in [6, 6.07) is 6.11. The van der Waals surface area contributed by atoms with Crippen LogP contribution in [0.3, 0.4) is 0 Å². The van der Waals surface area contributed by atoms with E-state index in [1.807, 2.05) is 6.92 Å². The number of hydrogen-bond donors (Lipinski definition) is 2. The van der Waals surface area contributed by atoms with Crippen LogP contribution in [-0.4, -0.2) is 12.5 Å². The Hall–Kier alpha value is -1.42. The van der Waals surface area contributed by atoms with Gasteiger partial charge in [-0.3, -0.25) is 10.1 Å². The average Bonchev–Trinajstić information content (AvgIpc) is 3.14. The molecule has 0 spiro atoms. The average molecular weight is 250 g/mol. The fourth-order valence-electron chi connectivity index (χ4n) is 2.23. The first-order valence-electron chi connectivity index (χ1n) is 6.39. The molecule has 0 bridgehead atoms. The van der Waals surface area contributed by atoms with Crippen LogP contribution < -0.4 is 11.1 Å². The standard InChI is InChI=1S/C14H19FN2O/c1-2-14(13(16)18,17-9-10-6-7-10)11-4-3-5-12(15)8-11/h3-5,8,10,17H,2,6-7,9H2,1H3,(H2,16,18). The van der Waals surface area contributed by atoms with Crippen molar-refractivity contribution < 1.29 is 9.18 Å². The zero-order chi connectivity index (χ0) is 13.2. The molecule has 1 aliphatic carbocycles. The minimum Gasteiger partial charge on any atom is -0.368 e. The molecule has 1 aromatic rings. The first-order valence-corrected chi connectivity index (χ1v) is 6.39. The Morgan fingerprint density at radius 2 is 2.28 bits per heavy atom. The minimum absolute atomic E-state index is 0.347. The van der Waals surface area contributed by atoms with Gasteiger partial charge in [-0.2, -0.15) is 0 Å². The lowest BCUT2D eigenvalue weighted by molar-refractivity contribution is -0.125. The van der Waals surface area contributed by atoms with Gasteiger partial charge in [-0.25, -0.2) is 4.39 Å². The number of carbonyl (C=O) groups excluding carboxylic acids is 1. The summed E-state index contributed by atoms with van der Waals surface area (Å²) in [7, 11) is 0. The summed E-state index contributed by atoms with van der Waals surface area (Å²) in [4.78, 5) is 11.8. The van der Waals surface area contributed by atoms with Crippen molar-refractivity contribution in [2.45, 2.75) is 31.7 Å². The van der Waals surface area contributed by atoms with E-state index in [1.54, 1.807) is 12.1 Å². The van der Waals surface area contributed by atoms with E-state index in [0.717, 1.165) is 6.54 Å². The molecule has 4 heteroatoms. The van der Waals surface area contributed by atoms with Crippen LogP contribution in [0.25, 0.3) is 0 Å². The van der Waals surface area contributed by atoms with Crippen molar-refractivity contribution in [3.63, 3.8) is 0 Å². The van der Waals surface area contributed by atoms with Gasteiger partial charge in [-0.1, -0.05) is 19.1 Å². The van der Waals surface area contributed by atoms with Gasteiger partial charge in [-0.05, 0) is 49.4 Å². The number of rotatable bonds is 6. The molecule has 3 N–H and O–H groups in total. The van der Waals surface area contributed by atoms with Gasteiger partial charge < -0.3 is 5.73 Å². The molecular weight excluding hydrogens is 231 g/mol. The third-order valence-corrected chi connectivity index (χ3v) is 3.66. The highest BCUT2D eigenvalue weighted by atomic mass is 19.1. The largest absolute Gasteiger partial charge is 0.368 e. The van der Waals surface area contributed by atoms with Crippen LogP contribution in [0.4, 0.5) is 4.39 Å². The molecule has 1 aliphatic rings. The third kappa shape index (κ3) is 2.53. The van der Waals surface area contributed by atoms with Crippen molar-refractivity contribution in [1.82, 2.24) is 5.32 Å². The monoisotopic (exact) mass is 250 g/mol. The summed E-state index contributed by atoms with van der Waals surface area (Å²) in [6.45, 7) is 2.64. The van der Waals surface area contributed by atoms with E-state index >= 15 is 0 Å². The molecule has 1 unspecified atom stereocenters. The number of nitrogens with two attached hydrogens (primary N) is 1. The second kappa shape index (κ2) is 5.06. The number of amides is 1. The number of halogens is 1. The van der Waals surface area contributed by atoms with Gasteiger partial charge in [-0.15, -0.1) is 0 Å². The molecule has 0 heterocycles. The Morgan fingerprint density at radius 3 is 2.78 bits per heavy atom. The van der Waals surface area contributed by atoms with Gasteiger partial charge in [0.2, 0.25) is 5.91 Å². The van der Waals surface area contributed by atoms with Crippen LogP contribution in [0.15, 0.2) is 24.3 Å². The molecule has 18 heavy (non-hydrogen) atoms. The van der Waals surface area contributed by atoms with E-state index in [-0.39, 0.29) is 5.82 Å². The lowest BCUT2D eigenvalue weighted by Crippen LogP contribution is -2.53. The third-order valence-electron chi connectivity index (χ3n) is 3.66. The van der Waals surface area contributed by atoms with Crippen LogP contribution in [-0.2, 0) is 10.3 Å². The molecule has 0 radical (unpaired) electrons. The smallest absolute Gasteiger partial charge is 0.242 e. The SMILES string of the molecule is CCC(NCC1CC1)(C(N)=O)c1cccc(F)c1. The Bertz CT molecular complexity index is 445. The molecule has 0 aliphatic heterocycles. The molecule has 1 amide bonds. The highest BCUT2D eigenvalue weighted by Gasteiger charge is 2.38. The first-order chi connectivity index (χ1) is 8.58. The van der Waals surface area contributed by atoms with E-state index in [9.17, 15) is 9.18 Å². The Balaban J connectivity index is 2.29. The number of nitrogens with one attached hydrogen (secondary N) is 1. The molecule has 1 saturated carbocycles. The lowest BCUT2D eigenvalue weighted by atomic mass is 9.86. The number of carbonyl (C=O) groups is 1. The van der Waals surface area contributed by atoms with Crippen LogP contribution in [0, 0.1) is 11.7 Å². The van der Waals surface area contributed by atoms with Gasteiger partial charge in [0.15, 0.2) is 0 Å². The van der Waals surface area contributed by atoms with Crippen LogP contribution >= 0.6 is 0 Å². The predicted molar refractivity (Wildman–Crippen MR) is 68.3 cm³/mol. The summed E-state index contributed by atoms with van der Waals surface area (Å²) in [5.74, 6) is -0.167. The second-order valence-electron chi connectivity index (χ2n) is 4.96. The maximum absolute atomic E-state index is 13.3. The van der Waals surface area contributed by atoms with Gasteiger partial charge in [0.25, 0.3) is 0 Å². The Labute approximate surface area is 107 Å². The summed E-state index contributed by atoms with van der Waals surface area (Å²) < 4.78 is 13.3. The van der Waals surface area contributed by atoms with Crippen molar-refractivity contribution in [3.05, 3.63) is 35.6 Å². The topological polar surface area (TPSA) is 55.1 Å². The zero-order valence-electron chi connectivity index (χ0n) is 10.6. The Morgan fingerprint density at radius 1 is 1.56 bits per heavy atom. The molecule has 0 aromatic heterocycles. The zero-order valence-corrected chi connectivity index (χ0v) is 10.6. The van der Waals surface area contributed by atoms with Gasteiger partial charge in [0.1, 0.15) is 11.4 Å². The quantitative estimate of drug-likeness (QED) is 0.810. The van der Waals surface area contributed by atoms with Crippen molar-refractivity contribution in [2.75, 3.05) is 6.54 Å². The van der Waals surface area contributed by atoms with E-state index in [1.165, 1.54) is 25.0 Å². The van der Waals surface area contributed by atoms with Gasteiger partial charge >= 0.3 is 0 Å². The fourth-order valence-corrected chi connectivity index (χ4v) is 2.23. The highest BCUT2D eigenvalue weighted by molar-refractivity contribution is 5.86. The molecule has 98 valence electrons. The van der Waals surface area contributed by atoms with Gasteiger partial charge in [0, 0.05) is 0 Å². The molecule has 3 nitrogen and oxygen atoms in total. The van der Waals surface area contributed by atoms with E-state index in [4.69, 9.17) is 5.73 Å². The van der Waals surface area contributed by atoms with E-state index in [0.29, 0.717) is 17.9 Å². The maximum atomic E-state index is 13.3. The van der Waals surface area contributed by atoms with Crippen LogP contribution in [0.2, 0.25) is 0 Å². The normalized spacial score (nSPS) is 18.3. The van der Waals surface area contributed by atoms with E-state index in [2.05, 4.69) is 5.32 Å². The number of primary amides is 1. The minimum atomic E-state index is -0.954. The molecule has 0 saturated heterocycles. The molecule has 1 fully saturated rings. The van der Waals surface area contributed by atoms with Crippen molar-refractivity contribution in [1.29, 1.82) is 0 Å². The summed E-state index contributed by atoms with van der Waals surface area (Å²) in [5.41, 5.74) is 5.20. The van der Waals surface area contributed by atoms with Crippen molar-refractivity contribution in [2.24, 2.45) is 11.7 Å². The molecule has 2 rings (SSSR count). The predicted octanol–water partition coefficient (Wildman–Crippen LogP) is 1.92. The summed E-state index contributed by atoms with van der Waals surface area (Å²) in [6.07, 6.45) is 2.89. The summed E-state index contributed by atoms with van der Waals surface area (Å²) in [5, 5.41) is 3.25. The van der Waals surface area contributed by atoms with Crippen molar-refractivity contribution >= 4 is 5.91 Å². The highest BCUT2D eigenvalue weighted by Crippen LogP contribution is 2.31. The maximum Gasteiger partial charge on any atom is 0.242 e. The van der Waals surface area contributed by atoms with Crippen LogP contribution in [0.5, 0.6) is 0 Å². The number of benzene rings is 1. The molecular formula is C14H19FN2O. The Kier molecular flexibility index (Phi) is 3.66. The molecule has 1 aromatic carbocycles. The fraction of sp³-hybridized carbons (Fsp3) is 0.500. The molecule has 1 atom stereocenters. The van der Waals surface area contributed by atoms with E-state index < -0.39 is 11.4 Å².